The number of aryl methyl sites for hydroxylation is 1. The van der Waals surface area contributed by atoms with Crippen LogP contribution in [-0.2, 0) is 11.2 Å². The minimum absolute atomic E-state index is 0.00153. The summed E-state index contributed by atoms with van der Waals surface area (Å²) in [6.45, 7) is 3.71. The number of hydrogen-bond acceptors (Lipinski definition) is 4. The molecular weight excluding hydrogens is 412 g/mol. The SMILES string of the molecule is Cc1cccc(C(=O)NCC(=O)NC2CN([C@H]3CC[C@@H](c4ccc(CC#N)cc4)CC3)C2)c1. The molecule has 2 aromatic rings. The molecule has 1 aliphatic heterocycles. The van der Waals surface area contributed by atoms with E-state index in [-0.39, 0.29) is 24.4 Å². The van der Waals surface area contributed by atoms with Crippen LogP contribution in [-0.4, -0.2) is 48.4 Å². The summed E-state index contributed by atoms with van der Waals surface area (Å²) in [5.74, 6) is 0.246. The van der Waals surface area contributed by atoms with Crippen LogP contribution in [0.25, 0.3) is 0 Å². The third-order valence-electron chi connectivity index (χ3n) is 6.91. The number of carbonyl (C=O) groups excluding carboxylic acids is 2. The molecule has 2 N–H and O–H groups in total. The Hall–Kier alpha value is -3.17. The summed E-state index contributed by atoms with van der Waals surface area (Å²) < 4.78 is 0. The Morgan fingerprint density at radius 1 is 1.06 bits per heavy atom. The molecule has 6 nitrogen and oxygen atoms in total. The van der Waals surface area contributed by atoms with E-state index < -0.39 is 0 Å². The highest BCUT2D eigenvalue weighted by atomic mass is 16.2. The molecule has 1 saturated heterocycles. The largest absolute Gasteiger partial charge is 0.349 e. The second-order valence-corrected chi connectivity index (χ2v) is 9.35. The number of nitrogens with one attached hydrogen (secondary N) is 2. The van der Waals surface area contributed by atoms with Crippen molar-refractivity contribution in [2.45, 2.75) is 57.0 Å². The van der Waals surface area contributed by atoms with Gasteiger partial charge in [-0.05, 0) is 61.8 Å². The molecule has 0 spiro atoms. The lowest BCUT2D eigenvalue weighted by Gasteiger charge is -2.46. The molecule has 6 heteroatoms. The number of benzene rings is 2. The standard InChI is InChI=1S/C27H32N4O2/c1-19-3-2-4-23(15-19)27(33)29-16-26(32)30-24-17-31(18-24)25-11-9-22(10-12-25)21-7-5-20(6-8-21)13-14-28/h2-8,15,22,24-25H,9-13,16-18H2,1H3,(H,29,33)(H,30,32)/t22-,25+. The highest BCUT2D eigenvalue weighted by molar-refractivity contribution is 5.96. The Bertz CT molecular complexity index is 1010. The average molecular weight is 445 g/mol. The van der Waals surface area contributed by atoms with Crippen LogP contribution in [0.2, 0.25) is 0 Å². The highest BCUT2D eigenvalue weighted by Gasteiger charge is 2.35. The van der Waals surface area contributed by atoms with Gasteiger partial charge >= 0.3 is 0 Å². The third-order valence-corrected chi connectivity index (χ3v) is 6.91. The molecule has 33 heavy (non-hydrogen) atoms. The maximum Gasteiger partial charge on any atom is 0.251 e. The molecule has 2 aromatic carbocycles. The van der Waals surface area contributed by atoms with Crippen molar-refractivity contribution in [1.29, 1.82) is 5.26 Å². The van der Waals surface area contributed by atoms with Gasteiger partial charge in [-0.2, -0.15) is 5.26 Å². The van der Waals surface area contributed by atoms with Gasteiger partial charge in [0.05, 0.1) is 25.1 Å². The molecule has 1 aliphatic carbocycles. The fraction of sp³-hybridized carbons (Fsp3) is 0.444. The Balaban J connectivity index is 1.14. The molecule has 1 saturated carbocycles. The quantitative estimate of drug-likeness (QED) is 0.686. The van der Waals surface area contributed by atoms with Gasteiger partial charge in [0, 0.05) is 24.7 Å². The number of likely N-dealkylation sites (tertiary alicyclic amines) is 1. The van der Waals surface area contributed by atoms with E-state index in [1.165, 1.54) is 31.2 Å². The normalized spacial score (nSPS) is 21.0. The third kappa shape index (κ3) is 6.00. The van der Waals surface area contributed by atoms with Crippen molar-refractivity contribution in [2.24, 2.45) is 0 Å². The van der Waals surface area contributed by atoms with Gasteiger partial charge in [-0.1, -0.05) is 42.0 Å². The van der Waals surface area contributed by atoms with Gasteiger partial charge in [0.1, 0.15) is 0 Å². The number of amides is 2. The van der Waals surface area contributed by atoms with Crippen LogP contribution in [0.4, 0.5) is 0 Å². The first-order valence-corrected chi connectivity index (χ1v) is 11.9. The van der Waals surface area contributed by atoms with Crippen molar-refractivity contribution >= 4 is 11.8 Å². The molecule has 0 aromatic heterocycles. The zero-order valence-electron chi connectivity index (χ0n) is 19.2. The minimum Gasteiger partial charge on any atom is -0.349 e. The van der Waals surface area contributed by atoms with E-state index in [0.29, 0.717) is 23.9 Å². The highest BCUT2D eigenvalue weighted by Crippen LogP contribution is 2.36. The van der Waals surface area contributed by atoms with Gasteiger partial charge in [0.15, 0.2) is 0 Å². The minimum atomic E-state index is -0.222. The van der Waals surface area contributed by atoms with Crippen LogP contribution in [0.5, 0.6) is 0 Å². The first kappa shape index (κ1) is 23.0. The van der Waals surface area contributed by atoms with Crippen molar-refractivity contribution in [3.8, 4) is 6.07 Å². The number of nitrogens with zero attached hydrogens (tertiary/aromatic N) is 2. The Kier molecular flexibility index (Phi) is 7.41. The Morgan fingerprint density at radius 3 is 2.45 bits per heavy atom. The maximum absolute atomic E-state index is 12.2. The van der Waals surface area contributed by atoms with Gasteiger partial charge in [-0.25, -0.2) is 0 Å². The summed E-state index contributed by atoms with van der Waals surface area (Å²) in [6, 6.07) is 18.8. The monoisotopic (exact) mass is 444 g/mol. The van der Waals surface area contributed by atoms with Gasteiger partial charge in [-0.15, -0.1) is 0 Å². The first-order valence-electron chi connectivity index (χ1n) is 11.9. The number of hydrogen-bond donors (Lipinski definition) is 2. The summed E-state index contributed by atoms with van der Waals surface area (Å²) in [4.78, 5) is 26.9. The number of nitriles is 1. The van der Waals surface area contributed by atoms with Crippen molar-refractivity contribution in [1.82, 2.24) is 15.5 Å². The molecule has 4 rings (SSSR count). The first-order chi connectivity index (χ1) is 16.0. The summed E-state index contributed by atoms with van der Waals surface area (Å²) >= 11 is 0. The molecular formula is C27H32N4O2. The van der Waals surface area contributed by atoms with Crippen molar-refractivity contribution < 1.29 is 9.59 Å². The fourth-order valence-corrected chi connectivity index (χ4v) is 5.00. The van der Waals surface area contributed by atoms with Crippen LogP contribution in [0.1, 0.15) is 58.6 Å². The number of carbonyl (C=O) groups is 2. The lowest BCUT2D eigenvalue weighted by atomic mass is 9.80. The van der Waals surface area contributed by atoms with E-state index >= 15 is 0 Å². The lowest BCUT2D eigenvalue weighted by molar-refractivity contribution is -0.122. The van der Waals surface area contributed by atoms with Crippen LogP contribution in [0.3, 0.4) is 0 Å². The van der Waals surface area contributed by atoms with E-state index in [0.717, 1.165) is 24.2 Å². The molecule has 0 radical (unpaired) electrons. The second kappa shape index (κ2) is 10.6. The maximum atomic E-state index is 12.2. The van der Waals surface area contributed by atoms with Gasteiger partial charge < -0.3 is 10.6 Å². The summed E-state index contributed by atoms with van der Waals surface area (Å²) in [7, 11) is 0. The molecule has 172 valence electrons. The lowest BCUT2D eigenvalue weighted by Crippen LogP contribution is -2.63. The molecule has 0 atom stereocenters. The Morgan fingerprint density at radius 2 is 1.79 bits per heavy atom. The molecule has 2 aliphatic rings. The zero-order chi connectivity index (χ0) is 23.2. The van der Waals surface area contributed by atoms with E-state index in [4.69, 9.17) is 5.26 Å². The van der Waals surface area contributed by atoms with Crippen molar-refractivity contribution in [2.75, 3.05) is 19.6 Å². The molecule has 2 amide bonds. The predicted octanol–water partition coefficient (Wildman–Crippen LogP) is 3.32. The van der Waals surface area contributed by atoms with Crippen molar-refractivity contribution in [3.05, 3.63) is 70.8 Å². The predicted molar refractivity (Wildman–Crippen MR) is 128 cm³/mol. The Labute approximate surface area is 196 Å². The molecule has 2 fully saturated rings. The van der Waals surface area contributed by atoms with E-state index in [1.807, 2.05) is 25.1 Å². The smallest absolute Gasteiger partial charge is 0.251 e. The van der Waals surface area contributed by atoms with Crippen LogP contribution in [0, 0.1) is 18.3 Å². The summed E-state index contributed by atoms with van der Waals surface area (Å²) in [6.07, 6.45) is 5.19. The van der Waals surface area contributed by atoms with Crippen molar-refractivity contribution in [3.63, 3.8) is 0 Å². The molecule has 0 bridgehead atoms. The van der Waals surface area contributed by atoms with Gasteiger partial charge in [0.2, 0.25) is 5.91 Å². The number of rotatable bonds is 7. The second-order valence-electron chi connectivity index (χ2n) is 9.35. The van der Waals surface area contributed by atoms with Crippen LogP contribution >= 0.6 is 0 Å². The van der Waals surface area contributed by atoms with E-state index in [2.05, 4.69) is 45.9 Å². The summed E-state index contributed by atoms with van der Waals surface area (Å²) in [5, 5.41) is 14.6. The zero-order valence-corrected chi connectivity index (χ0v) is 19.2. The van der Waals surface area contributed by atoms with E-state index in [1.54, 1.807) is 6.07 Å². The van der Waals surface area contributed by atoms with Gasteiger partial charge in [-0.3, -0.25) is 14.5 Å². The molecule has 0 unspecified atom stereocenters. The van der Waals surface area contributed by atoms with Crippen LogP contribution in [0.15, 0.2) is 48.5 Å². The average Bonchev–Trinajstić information content (AvgIpc) is 2.80. The summed E-state index contributed by atoms with van der Waals surface area (Å²) in [5.41, 5.74) is 4.06. The fourth-order valence-electron chi connectivity index (χ4n) is 5.00. The van der Waals surface area contributed by atoms with Gasteiger partial charge in [0.25, 0.3) is 5.91 Å². The van der Waals surface area contributed by atoms with E-state index in [9.17, 15) is 9.59 Å². The van der Waals surface area contributed by atoms with Crippen LogP contribution < -0.4 is 10.6 Å². The topological polar surface area (TPSA) is 85.2 Å². The molecule has 1 heterocycles.